The lowest BCUT2D eigenvalue weighted by molar-refractivity contribution is 0.0595. The molecule has 0 atom stereocenters. The number of H-pyrrole nitrogens is 1. The van der Waals surface area contributed by atoms with E-state index in [2.05, 4.69) is 19.7 Å². The highest BCUT2D eigenvalue weighted by atomic mass is 35.5. The van der Waals surface area contributed by atoms with Crippen LogP contribution in [0.3, 0.4) is 0 Å². The molecule has 0 amide bonds. The Morgan fingerprint density at radius 2 is 2.36 bits per heavy atom. The molecule has 0 saturated heterocycles. The van der Waals surface area contributed by atoms with Crippen LogP contribution in [0.25, 0.3) is 11.0 Å². The molecule has 0 aromatic carbocycles. The molecular formula is C8H6ClN3O2. The molecule has 5 nitrogen and oxygen atoms in total. The van der Waals surface area contributed by atoms with Crippen molar-refractivity contribution in [2.75, 3.05) is 7.11 Å². The monoisotopic (exact) mass is 211 g/mol. The summed E-state index contributed by atoms with van der Waals surface area (Å²) in [6, 6.07) is 1.56. The summed E-state index contributed by atoms with van der Waals surface area (Å²) in [5.74, 6) is -0.459. The molecular weight excluding hydrogens is 206 g/mol. The van der Waals surface area contributed by atoms with Crippen LogP contribution in [0.4, 0.5) is 0 Å². The fraction of sp³-hybridized carbons (Fsp3) is 0.125. The average Bonchev–Trinajstić information content (AvgIpc) is 2.62. The molecule has 0 fully saturated rings. The summed E-state index contributed by atoms with van der Waals surface area (Å²) in [6.45, 7) is 0. The van der Waals surface area contributed by atoms with Crippen LogP contribution >= 0.6 is 11.6 Å². The lowest BCUT2D eigenvalue weighted by Gasteiger charge is -1.91. The molecule has 0 unspecified atom stereocenters. The molecule has 0 radical (unpaired) electrons. The number of nitrogens with zero attached hydrogens (tertiary/aromatic N) is 2. The van der Waals surface area contributed by atoms with Crippen molar-refractivity contribution in [1.29, 1.82) is 0 Å². The molecule has 14 heavy (non-hydrogen) atoms. The molecule has 2 heterocycles. The Morgan fingerprint density at radius 1 is 1.57 bits per heavy atom. The number of aromatic nitrogens is 3. The van der Waals surface area contributed by atoms with E-state index >= 15 is 0 Å². The van der Waals surface area contributed by atoms with Gasteiger partial charge in [0.25, 0.3) is 0 Å². The number of aromatic amines is 1. The van der Waals surface area contributed by atoms with Gasteiger partial charge in [-0.1, -0.05) is 11.6 Å². The number of rotatable bonds is 1. The van der Waals surface area contributed by atoms with Gasteiger partial charge in [0.1, 0.15) is 22.8 Å². The van der Waals surface area contributed by atoms with Crippen molar-refractivity contribution in [3.05, 3.63) is 23.2 Å². The number of halogens is 1. The van der Waals surface area contributed by atoms with E-state index in [1.807, 2.05) is 0 Å². The van der Waals surface area contributed by atoms with Crippen molar-refractivity contribution >= 4 is 28.6 Å². The number of nitrogens with one attached hydrogen (secondary N) is 1. The maximum absolute atomic E-state index is 11.1. The highest BCUT2D eigenvalue weighted by Gasteiger charge is 2.11. The van der Waals surface area contributed by atoms with Gasteiger partial charge >= 0.3 is 5.97 Å². The number of carbonyl (C=O) groups is 1. The van der Waals surface area contributed by atoms with Crippen LogP contribution in [0.15, 0.2) is 12.4 Å². The lowest BCUT2D eigenvalue weighted by atomic mass is 10.4. The number of hydrogen-bond donors (Lipinski definition) is 1. The van der Waals surface area contributed by atoms with Crippen LogP contribution in [-0.4, -0.2) is 28.0 Å². The zero-order valence-electron chi connectivity index (χ0n) is 7.24. The third-order valence-corrected chi connectivity index (χ3v) is 2.08. The number of ether oxygens (including phenoxy) is 1. The fourth-order valence-corrected chi connectivity index (χ4v) is 1.32. The number of esters is 1. The van der Waals surface area contributed by atoms with Crippen molar-refractivity contribution in [2.24, 2.45) is 0 Å². The summed E-state index contributed by atoms with van der Waals surface area (Å²) in [7, 11) is 1.31. The largest absolute Gasteiger partial charge is 0.464 e. The van der Waals surface area contributed by atoms with E-state index < -0.39 is 5.97 Å². The Hall–Kier alpha value is -1.62. The summed E-state index contributed by atoms with van der Waals surface area (Å²) >= 11 is 5.80. The van der Waals surface area contributed by atoms with E-state index in [-0.39, 0.29) is 0 Å². The molecule has 0 spiro atoms. The Labute approximate surface area is 84.1 Å². The summed E-state index contributed by atoms with van der Waals surface area (Å²) in [6.07, 6.45) is 1.32. The second-order valence-electron chi connectivity index (χ2n) is 2.60. The van der Waals surface area contributed by atoms with Gasteiger partial charge in [0.2, 0.25) is 0 Å². The fourth-order valence-electron chi connectivity index (χ4n) is 1.13. The Morgan fingerprint density at radius 3 is 3.00 bits per heavy atom. The minimum absolute atomic E-state index is 0.307. The normalized spacial score (nSPS) is 10.4. The van der Waals surface area contributed by atoms with Crippen LogP contribution < -0.4 is 0 Å². The molecule has 2 aromatic heterocycles. The Balaban J connectivity index is 2.62. The second kappa shape index (κ2) is 3.26. The van der Waals surface area contributed by atoms with E-state index in [0.717, 1.165) is 0 Å². The molecule has 0 aliphatic heterocycles. The van der Waals surface area contributed by atoms with Gasteiger partial charge in [-0.25, -0.2) is 14.8 Å². The maximum atomic E-state index is 11.1. The smallest absolute Gasteiger partial charge is 0.354 e. The standard InChI is InChI=1S/C8H6ClN3O2/c1-14-8(13)5-2-4-6(9)10-3-11-7(4)12-5/h2-3H,1H3,(H,10,11,12). The van der Waals surface area contributed by atoms with Gasteiger partial charge in [0, 0.05) is 0 Å². The van der Waals surface area contributed by atoms with Gasteiger partial charge in [0.15, 0.2) is 0 Å². The van der Waals surface area contributed by atoms with Crippen LogP contribution in [-0.2, 0) is 4.74 Å². The van der Waals surface area contributed by atoms with E-state index in [1.54, 1.807) is 6.07 Å². The van der Waals surface area contributed by atoms with E-state index in [0.29, 0.717) is 21.9 Å². The molecule has 0 saturated carbocycles. The number of methoxy groups -OCH3 is 1. The van der Waals surface area contributed by atoms with Gasteiger partial charge in [-0.2, -0.15) is 0 Å². The molecule has 2 aromatic rings. The molecule has 72 valence electrons. The van der Waals surface area contributed by atoms with E-state index in [9.17, 15) is 4.79 Å². The SMILES string of the molecule is COC(=O)c1cc2c(Cl)ncnc2[nH]1. The Bertz CT molecular complexity index is 494. The van der Waals surface area contributed by atoms with Gasteiger partial charge in [-0.3, -0.25) is 0 Å². The predicted octanol–water partition coefficient (Wildman–Crippen LogP) is 1.40. The number of fused-ring (bicyclic) bond motifs is 1. The minimum atomic E-state index is -0.459. The van der Waals surface area contributed by atoms with E-state index in [4.69, 9.17) is 11.6 Å². The summed E-state index contributed by atoms with van der Waals surface area (Å²) in [4.78, 5) is 21.6. The zero-order valence-corrected chi connectivity index (χ0v) is 8.00. The minimum Gasteiger partial charge on any atom is -0.464 e. The highest BCUT2D eigenvalue weighted by Crippen LogP contribution is 2.19. The third kappa shape index (κ3) is 1.31. The van der Waals surface area contributed by atoms with Crippen molar-refractivity contribution in [3.63, 3.8) is 0 Å². The summed E-state index contributed by atoms with van der Waals surface area (Å²) < 4.78 is 4.54. The first kappa shape index (κ1) is 8.96. The predicted molar refractivity (Wildman–Crippen MR) is 50.2 cm³/mol. The van der Waals surface area contributed by atoms with Crippen LogP contribution in [0.2, 0.25) is 5.15 Å². The average molecular weight is 212 g/mol. The van der Waals surface area contributed by atoms with Crippen molar-refractivity contribution in [3.8, 4) is 0 Å². The maximum Gasteiger partial charge on any atom is 0.354 e. The first-order valence-corrected chi connectivity index (χ1v) is 4.17. The van der Waals surface area contributed by atoms with Crippen LogP contribution in [0, 0.1) is 0 Å². The van der Waals surface area contributed by atoms with Crippen molar-refractivity contribution < 1.29 is 9.53 Å². The zero-order chi connectivity index (χ0) is 10.1. The first-order chi connectivity index (χ1) is 6.72. The van der Waals surface area contributed by atoms with Crippen molar-refractivity contribution in [1.82, 2.24) is 15.0 Å². The topological polar surface area (TPSA) is 67.9 Å². The lowest BCUT2D eigenvalue weighted by Crippen LogP contribution is -2.00. The molecule has 1 N–H and O–H groups in total. The molecule has 0 bridgehead atoms. The first-order valence-electron chi connectivity index (χ1n) is 3.80. The number of hydrogen-bond acceptors (Lipinski definition) is 4. The van der Waals surface area contributed by atoms with Gasteiger partial charge < -0.3 is 9.72 Å². The summed E-state index contributed by atoms with van der Waals surface area (Å²) in [5, 5.41) is 0.913. The van der Waals surface area contributed by atoms with Gasteiger partial charge in [-0.05, 0) is 6.07 Å². The Kier molecular flexibility index (Phi) is 2.09. The molecule has 2 rings (SSSR count). The van der Waals surface area contributed by atoms with Gasteiger partial charge in [-0.15, -0.1) is 0 Å². The third-order valence-electron chi connectivity index (χ3n) is 1.78. The quantitative estimate of drug-likeness (QED) is 0.572. The molecule has 6 heteroatoms. The molecule has 0 aliphatic rings. The van der Waals surface area contributed by atoms with Gasteiger partial charge in [0.05, 0.1) is 12.5 Å². The van der Waals surface area contributed by atoms with Crippen LogP contribution in [0.1, 0.15) is 10.5 Å². The summed E-state index contributed by atoms with van der Waals surface area (Å²) in [5.41, 5.74) is 0.829. The van der Waals surface area contributed by atoms with E-state index in [1.165, 1.54) is 13.4 Å². The highest BCUT2D eigenvalue weighted by molar-refractivity contribution is 6.34. The van der Waals surface area contributed by atoms with Crippen molar-refractivity contribution in [2.45, 2.75) is 0 Å². The number of carbonyl (C=O) groups excluding carboxylic acids is 1. The van der Waals surface area contributed by atoms with Crippen LogP contribution in [0.5, 0.6) is 0 Å². The molecule has 0 aliphatic carbocycles. The second-order valence-corrected chi connectivity index (χ2v) is 2.96.